The molecule has 0 rings (SSSR count). The van der Waals surface area contributed by atoms with Gasteiger partial charge in [-0.15, -0.1) is 0 Å². The van der Waals surface area contributed by atoms with Gasteiger partial charge in [-0.3, -0.25) is 0 Å². The van der Waals surface area contributed by atoms with Crippen LogP contribution in [0.2, 0.25) is 0 Å². The predicted molar refractivity (Wildman–Crippen MR) is 84.9 cm³/mol. The Morgan fingerprint density at radius 1 is 0.722 bits per heavy atom. The summed E-state index contributed by atoms with van der Waals surface area (Å²) < 4.78 is 0. The van der Waals surface area contributed by atoms with Gasteiger partial charge in [-0.1, -0.05) is 80.1 Å². The van der Waals surface area contributed by atoms with E-state index in [9.17, 15) is 0 Å². The quantitative estimate of drug-likeness (QED) is 0.360. The van der Waals surface area contributed by atoms with Crippen LogP contribution in [-0.4, -0.2) is 0 Å². The lowest BCUT2D eigenvalue weighted by molar-refractivity contribution is 0.258. The third-order valence-corrected chi connectivity index (χ3v) is 4.58. The summed E-state index contributed by atoms with van der Waals surface area (Å²) in [5, 5.41) is 0. The molecule has 0 fully saturated rings. The summed E-state index contributed by atoms with van der Waals surface area (Å²) in [7, 11) is 0. The SMILES string of the molecule is CCCCCC(CC(C)CCC)CC(C)C(C)C. The summed E-state index contributed by atoms with van der Waals surface area (Å²) in [6.07, 6.45) is 11.4. The van der Waals surface area contributed by atoms with Crippen LogP contribution >= 0.6 is 0 Å². The third kappa shape index (κ3) is 9.00. The Morgan fingerprint density at radius 3 is 1.89 bits per heavy atom. The lowest BCUT2D eigenvalue weighted by atomic mass is 9.80. The van der Waals surface area contributed by atoms with Crippen molar-refractivity contribution in [3.63, 3.8) is 0 Å². The maximum absolute atomic E-state index is 2.45. The van der Waals surface area contributed by atoms with Crippen LogP contribution in [0, 0.1) is 23.7 Å². The molecule has 0 saturated carbocycles. The van der Waals surface area contributed by atoms with Gasteiger partial charge in [0.15, 0.2) is 0 Å². The highest BCUT2D eigenvalue weighted by molar-refractivity contribution is 4.69. The highest BCUT2D eigenvalue weighted by atomic mass is 14.2. The minimum absolute atomic E-state index is 0.847. The summed E-state index contributed by atoms with van der Waals surface area (Å²) in [5.41, 5.74) is 0. The van der Waals surface area contributed by atoms with Gasteiger partial charge in [0.05, 0.1) is 0 Å². The van der Waals surface area contributed by atoms with E-state index in [4.69, 9.17) is 0 Å². The van der Waals surface area contributed by atoms with Crippen LogP contribution in [-0.2, 0) is 0 Å². The van der Waals surface area contributed by atoms with Gasteiger partial charge >= 0.3 is 0 Å². The van der Waals surface area contributed by atoms with Crippen LogP contribution in [0.5, 0.6) is 0 Å². The second-order valence-corrected chi connectivity index (χ2v) is 6.95. The molecule has 0 aromatic rings. The van der Waals surface area contributed by atoms with Crippen molar-refractivity contribution >= 4 is 0 Å². The largest absolute Gasteiger partial charge is 0.0654 e. The zero-order valence-electron chi connectivity index (χ0n) is 14.0. The molecule has 0 radical (unpaired) electrons. The lowest BCUT2D eigenvalue weighted by Crippen LogP contribution is -2.14. The van der Waals surface area contributed by atoms with Crippen molar-refractivity contribution < 1.29 is 0 Å². The van der Waals surface area contributed by atoms with Gasteiger partial charge < -0.3 is 0 Å². The Bertz CT molecular complexity index is 171. The number of hydrogen-bond acceptors (Lipinski definition) is 0. The van der Waals surface area contributed by atoms with Crippen LogP contribution in [0.4, 0.5) is 0 Å². The van der Waals surface area contributed by atoms with Crippen molar-refractivity contribution in [2.24, 2.45) is 23.7 Å². The molecule has 0 heteroatoms. The molecule has 3 atom stereocenters. The fourth-order valence-electron chi connectivity index (χ4n) is 2.99. The second-order valence-electron chi connectivity index (χ2n) is 6.95. The molecule has 0 bridgehead atoms. The van der Waals surface area contributed by atoms with Gasteiger partial charge in [0.2, 0.25) is 0 Å². The summed E-state index contributed by atoms with van der Waals surface area (Å²) in [5.74, 6) is 3.65. The molecular formula is C18H38. The normalized spacial score (nSPS) is 16.8. The smallest absolute Gasteiger partial charge is 0.0409 e. The van der Waals surface area contributed by atoms with Crippen molar-refractivity contribution in [3.8, 4) is 0 Å². The van der Waals surface area contributed by atoms with E-state index in [1.807, 2.05) is 0 Å². The topological polar surface area (TPSA) is 0 Å². The van der Waals surface area contributed by atoms with Crippen molar-refractivity contribution in [2.45, 2.75) is 92.9 Å². The molecule has 0 aromatic heterocycles. The van der Waals surface area contributed by atoms with E-state index in [-0.39, 0.29) is 0 Å². The summed E-state index contributed by atoms with van der Waals surface area (Å²) in [4.78, 5) is 0. The predicted octanol–water partition coefficient (Wildman–Crippen LogP) is 6.69. The van der Waals surface area contributed by atoms with Crippen molar-refractivity contribution in [1.82, 2.24) is 0 Å². The first-order valence-corrected chi connectivity index (χ1v) is 8.51. The average Bonchev–Trinajstić information content (AvgIpc) is 2.29. The Balaban J connectivity index is 4.14. The highest BCUT2D eigenvalue weighted by Crippen LogP contribution is 2.29. The van der Waals surface area contributed by atoms with E-state index in [1.54, 1.807) is 0 Å². The molecule has 0 aliphatic heterocycles. The molecule has 0 aliphatic carbocycles. The third-order valence-electron chi connectivity index (χ3n) is 4.58. The maximum Gasteiger partial charge on any atom is -0.0409 e. The van der Waals surface area contributed by atoms with E-state index >= 15 is 0 Å². The molecule has 110 valence electrons. The van der Waals surface area contributed by atoms with E-state index in [0.29, 0.717) is 0 Å². The minimum Gasteiger partial charge on any atom is -0.0654 e. The van der Waals surface area contributed by atoms with Crippen LogP contribution in [0.1, 0.15) is 92.9 Å². The molecule has 0 nitrogen and oxygen atoms in total. The van der Waals surface area contributed by atoms with Gasteiger partial charge in [-0.2, -0.15) is 0 Å². The van der Waals surface area contributed by atoms with E-state index in [1.165, 1.54) is 51.4 Å². The van der Waals surface area contributed by atoms with Gasteiger partial charge in [0, 0.05) is 0 Å². The molecular weight excluding hydrogens is 216 g/mol. The average molecular weight is 255 g/mol. The summed E-state index contributed by atoms with van der Waals surface area (Å²) in [6, 6.07) is 0. The minimum atomic E-state index is 0.847. The Morgan fingerprint density at radius 2 is 1.39 bits per heavy atom. The van der Waals surface area contributed by atoms with Crippen molar-refractivity contribution in [2.75, 3.05) is 0 Å². The maximum atomic E-state index is 2.45. The Labute approximate surface area is 117 Å². The molecule has 0 aliphatic rings. The lowest BCUT2D eigenvalue weighted by Gasteiger charge is -2.26. The van der Waals surface area contributed by atoms with Crippen LogP contribution in [0.25, 0.3) is 0 Å². The standard InChI is InChI=1S/C18H38/c1-7-9-10-12-18(13-16(5)11-8-2)14-17(6)15(3)4/h15-18H,7-14H2,1-6H3. The van der Waals surface area contributed by atoms with Gasteiger partial charge in [-0.05, 0) is 36.5 Å². The molecule has 0 heterocycles. The second kappa shape index (κ2) is 10.9. The first-order valence-electron chi connectivity index (χ1n) is 8.51. The van der Waals surface area contributed by atoms with Gasteiger partial charge in [0.1, 0.15) is 0 Å². The highest BCUT2D eigenvalue weighted by Gasteiger charge is 2.17. The number of rotatable bonds is 11. The molecule has 0 saturated heterocycles. The molecule has 0 N–H and O–H groups in total. The van der Waals surface area contributed by atoms with E-state index in [2.05, 4.69) is 41.5 Å². The number of hydrogen-bond donors (Lipinski definition) is 0. The number of unbranched alkanes of at least 4 members (excludes halogenated alkanes) is 2. The van der Waals surface area contributed by atoms with E-state index < -0.39 is 0 Å². The van der Waals surface area contributed by atoms with Crippen LogP contribution in [0.3, 0.4) is 0 Å². The first-order chi connectivity index (χ1) is 8.51. The fourth-order valence-corrected chi connectivity index (χ4v) is 2.99. The molecule has 18 heavy (non-hydrogen) atoms. The molecule has 0 spiro atoms. The van der Waals surface area contributed by atoms with Crippen molar-refractivity contribution in [1.29, 1.82) is 0 Å². The van der Waals surface area contributed by atoms with Gasteiger partial charge in [-0.25, -0.2) is 0 Å². The zero-order valence-corrected chi connectivity index (χ0v) is 14.0. The molecule has 3 unspecified atom stereocenters. The zero-order chi connectivity index (χ0) is 14.0. The fraction of sp³-hybridized carbons (Fsp3) is 1.00. The van der Waals surface area contributed by atoms with Crippen LogP contribution in [0.15, 0.2) is 0 Å². The van der Waals surface area contributed by atoms with Crippen molar-refractivity contribution in [3.05, 3.63) is 0 Å². The Kier molecular flexibility index (Phi) is 10.9. The monoisotopic (exact) mass is 254 g/mol. The van der Waals surface area contributed by atoms with Crippen LogP contribution < -0.4 is 0 Å². The van der Waals surface area contributed by atoms with Gasteiger partial charge in [0.25, 0.3) is 0 Å². The van der Waals surface area contributed by atoms with E-state index in [0.717, 1.165) is 23.7 Å². The molecule has 0 amide bonds. The Hall–Kier alpha value is 0. The first kappa shape index (κ1) is 18.0. The molecule has 0 aromatic carbocycles. The summed E-state index contributed by atoms with van der Waals surface area (Å²) in [6.45, 7) is 14.3. The summed E-state index contributed by atoms with van der Waals surface area (Å²) >= 11 is 0.